The Bertz CT molecular complexity index is 1260. The van der Waals surface area contributed by atoms with Gasteiger partial charge in [-0.2, -0.15) is 8.42 Å². The molecule has 0 fully saturated rings. The lowest BCUT2D eigenvalue weighted by atomic mass is 10.1. The highest BCUT2D eigenvalue weighted by Crippen LogP contribution is 2.41. The minimum Gasteiger partial charge on any atom is -0.505 e. The largest absolute Gasteiger partial charge is 0.505 e. The van der Waals surface area contributed by atoms with E-state index in [0.29, 0.717) is 0 Å². The number of phenols is 2. The van der Waals surface area contributed by atoms with Gasteiger partial charge in [0, 0.05) is 17.1 Å². The van der Waals surface area contributed by atoms with Crippen LogP contribution in [0.4, 0.5) is 22.7 Å². The first kappa shape index (κ1) is 19.0. The molecule has 0 heterocycles. The van der Waals surface area contributed by atoms with Crippen LogP contribution >= 0.6 is 0 Å². The molecule has 0 saturated heterocycles. The van der Waals surface area contributed by atoms with Crippen molar-refractivity contribution in [3.8, 4) is 11.5 Å². The molecule has 0 aliphatic rings. The second-order valence-corrected chi connectivity index (χ2v) is 7.00. The molecule has 0 aliphatic carbocycles. The summed E-state index contributed by atoms with van der Waals surface area (Å²) in [4.78, 5) is 9.55. The molecule has 3 aromatic rings. The predicted octanol–water partition coefficient (Wildman–Crippen LogP) is 3.40. The summed E-state index contributed by atoms with van der Waals surface area (Å²) in [6, 6.07) is 7.99. The number of non-ortho nitro benzene ring substituents is 1. The Labute approximate surface area is 157 Å². The molecule has 12 heteroatoms. The Hall–Kier alpha value is -3.77. The smallest absolute Gasteiger partial charge is 0.295 e. The molecule has 0 saturated carbocycles. The van der Waals surface area contributed by atoms with E-state index >= 15 is 0 Å². The van der Waals surface area contributed by atoms with E-state index in [9.17, 15) is 33.3 Å². The van der Waals surface area contributed by atoms with Crippen molar-refractivity contribution in [2.24, 2.45) is 10.2 Å². The van der Waals surface area contributed by atoms with Crippen LogP contribution in [0.15, 0.2) is 57.6 Å². The number of phenolic OH excluding ortho intramolecular Hbond substituents is 2. The molecule has 28 heavy (non-hydrogen) atoms. The summed E-state index contributed by atoms with van der Waals surface area (Å²) >= 11 is 0. The van der Waals surface area contributed by atoms with Gasteiger partial charge in [-0.25, -0.2) is 0 Å². The van der Waals surface area contributed by atoms with Crippen molar-refractivity contribution in [3.05, 3.63) is 52.6 Å². The highest BCUT2D eigenvalue weighted by atomic mass is 32.2. The number of nitro benzene ring substituents is 1. The molecule has 0 radical (unpaired) electrons. The summed E-state index contributed by atoms with van der Waals surface area (Å²) in [5.74, 6) is -0.989. The van der Waals surface area contributed by atoms with Crippen molar-refractivity contribution in [2.75, 3.05) is 5.73 Å². The van der Waals surface area contributed by atoms with E-state index in [0.717, 1.165) is 18.2 Å². The lowest BCUT2D eigenvalue weighted by Crippen LogP contribution is -2.00. The number of hydrogen-bond donors (Lipinski definition) is 4. The monoisotopic (exact) mass is 404 g/mol. The number of fused-ring (bicyclic) bond motifs is 1. The van der Waals surface area contributed by atoms with Crippen molar-refractivity contribution in [1.29, 1.82) is 0 Å². The normalized spacial score (nSPS) is 11.9. The molecule has 144 valence electrons. The highest BCUT2D eigenvalue weighted by molar-refractivity contribution is 7.86. The van der Waals surface area contributed by atoms with E-state index in [4.69, 9.17) is 5.73 Å². The Balaban J connectivity index is 2.10. The number of rotatable bonds is 4. The average Bonchev–Trinajstić information content (AvgIpc) is 2.60. The van der Waals surface area contributed by atoms with Crippen molar-refractivity contribution in [2.45, 2.75) is 4.90 Å². The minimum atomic E-state index is -4.56. The number of nitrogen functional groups attached to an aromatic ring is 1. The quantitative estimate of drug-likeness (QED) is 0.167. The van der Waals surface area contributed by atoms with Crippen LogP contribution in [0.5, 0.6) is 11.5 Å². The number of nitro groups is 1. The van der Waals surface area contributed by atoms with Gasteiger partial charge in [0.05, 0.1) is 16.4 Å². The topological polar surface area (TPSA) is 189 Å². The van der Waals surface area contributed by atoms with Gasteiger partial charge in [0.1, 0.15) is 22.0 Å². The van der Waals surface area contributed by atoms with Crippen molar-refractivity contribution >= 4 is 43.6 Å². The van der Waals surface area contributed by atoms with Crippen LogP contribution in [0.3, 0.4) is 0 Å². The van der Waals surface area contributed by atoms with Crippen LogP contribution in [-0.2, 0) is 10.1 Å². The van der Waals surface area contributed by atoms with Crippen molar-refractivity contribution in [3.63, 3.8) is 0 Å². The molecule has 11 nitrogen and oxygen atoms in total. The van der Waals surface area contributed by atoms with Crippen LogP contribution < -0.4 is 5.73 Å². The molecule has 0 unspecified atom stereocenters. The number of azo groups is 1. The van der Waals surface area contributed by atoms with E-state index in [2.05, 4.69) is 10.2 Å². The van der Waals surface area contributed by atoms with Gasteiger partial charge in [-0.1, -0.05) is 6.07 Å². The third kappa shape index (κ3) is 3.41. The average molecular weight is 404 g/mol. The van der Waals surface area contributed by atoms with Crippen LogP contribution in [0.2, 0.25) is 0 Å². The zero-order valence-electron chi connectivity index (χ0n) is 13.8. The molecular weight excluding hydrogens is 392 g/mol. The highest BCUT2D eigenvalue weighted by Gasteiger charge is 2.19. The minimum absolute atomic E-state index is 0.0165. The van der Waals surface area contributed by atoms with Gasteiger partial charge in [-0.15, -0.1) is 10.2 Å². The van der Waals surface area contributed by atoms with Crippen molar-refractivity contribution < 1.29 is 28.1 Å². The molecule has 3 rings (SSSR count). The fraction of sp³-hybridized carbons (Fsp3) is 0. The third-order valence-electron chi connectivity index (χ3n) is 3.84. The third-order valence-corrected chi connectivity index (χ3v) is 4.75. The molecule has 5 N–H and O–H groups in total. The predicted molar refractivity (Wildman–Crippen MR) is 98.8 cm³/mol. The summed E-state index contributed by atoms with van der Waals surface area (Å²) in [5.41, 5.74) is 5.30. The Morgan fingerprint density at radius 2 is 1.64 bits per heavy atom. The summed E-state index contributed by atoms with van der Waals surface area (Å²) in [5, 5.41) is 38.3. The van der Waals surface area contributed by atoms with Gasteiger partial charge in [0.2, 0.25) is 0 Å². The number of benzene rings is 3. The standard InChI is InChI=1S/C16H12N4O7S/c17-10-3-6-14(28(25,26)27)9-2-5-12(16(22)15(9)10)19-18-11-4-1-8(20(23)24)7-13(11)21/h1-7,21-22H,17H2,(H,25,26,27)/b19-18+. The van der Waals surface area contributed by atoms with Crippen molar-refractivity contribution in [1.82, 2.24) is 0 Å². The molecule has 0 bridgehead atoms. The fourth-order valence-corrected chi connectivity index (χ4v) is 3.23. The maximum atomic E-state index is 11.5. The molecule has 3 aromatic carbocycles. The van der Waals surface area contributed by atoms with Gasteiger partial charge in [-0.05, 0) is 24.3 Å². The van der Waals surface area contributed by atoms with Crippen LogP contribution in [0.25, 0.3) is 10.8 Å². The van der Waals surface area contributed by atoms with E-state index in [1.54, 1.807) is 0 Å². The summed E-state index contributed by atoms with van der Waals surface area (Å²) in [6.07, 6.45) is 0. The molecule has 0 aromatic heterocycles. The van der Waals surface area contributed by atoms with Crippen LogP contribution in [-0.4, -0.2) is 28.1 Å². The summed E-state index contributed by atoms with van der Waals surface area (Å²) in [7, 11) is -4.56. The first-order valence-corrected chi connectivity index (χ1v) is 8.94. The summed E-state index contributed by atoms with van der Waals surface area (Å²) < 4.78 is 32.3. The van der Waals surface area contributed by atoms with Gasteiger partial charge in [0.25, 0.3) is 15.8 Å². The van der Waals surface area contributed by atoms with Crippen LogP contribution in [0.1, 0.15) is 0 Å². The number of nitrogens with two attached hydrogens (primary N) is 1. The van der Waals surface area contributed by atoms with Crippen LogP contribution in [0, 0.1) is 10.1 Å². The SMILES string of the molecule is Nc1ccc(S(=O)(=O)O)c2ccc(/N=N/c3ccc([N+](=O)[O-])cc3O)c(O)c12. The molecule has 0 aliphatic heterocycles. The number of anilines is 1. The number of hydrogen-bond acceptors (Lipinski definition) is 9. The van der Waals surface area contributed by atoms with Gasteiger partial charge >= 0.3 is 0 Å². The number of aromatic hydroxyl groups is 2. The zero-order valence-corrected chi connectivity index (χ0v) is 14.7. The first-order valence-electron chi connectivity index (χ1n) is 7.50. The Morgan fingerprint density at radius 3 is 2.25 bits per heavy atom. The molecule has 0 amide bonds. The zero-order chi connectivity index (χ0) is 20.6. The second kappa shape index (κ2) is 6.75. The first-order chi connectivity index (χ1) is 13.1. The number of nitrogens with zero attached hydrogens (tertiary/aromatic N) is 3. The summed E-state index contributed by atoms with van der Waals surface area (Å²) in [6.45, 7) is 0. The Kier molecular flexibility index (Phi) is 4.58. The van der Waals surface area contributed by atoms with Gasteiger partial charge in [-0.3, -0.25) is 14.7 Å². The lowest BCUT2D eigenvalue weighted by molar-refractivity contribution is -0.384. The lowest BCUT2D eigenvalue weighted by Gasteiger charge is -2.09. The molecule has 0 atom stereocenters. The van der Waals surface area contributed by atoms with Gasteiger partial charge < -0.3 is 15.9 Å². The Morgan fingerprint density at radius 1 is 1.00 bits per heavy atom. The van der Waals surface area contributed by atoms with E-state index in [1.165, 1.54) is 24.3 Å². The maximum Gasteiger partial charge on any atom is 0.295 e. The molecular formula is C16H12N4O7S. The van der Waals surface area contributed by atoms with E-state index in [-0.39, 0.29) is 33.5 Å². The molecule has 0 spiro atoms. The maximum absolute atomic E-state index is 11.5. The second-order valence-electron chi connectivity index (χ2n) is 5.61. The van der Waals surface area contributed by atoms with E-state index < -0.39 is 31.4 Å². The van der Waals surface area contributed by atoms with E-state index in [1.807, 2.05) is 0 Å². The van der Waals surface area contributed by atoms with Gasteiger partial charge in [0.15, 0.2) is 5.75 Å². The fourth-order valence-electron chi connectivity index (χ4n) is 2.54.